The topological polar surface area (TPSA) is 108 Å². The van der Waals surface area contributed by atoms with Gasteiger partial charge in [-0.15, -0.1) is 0 Å². The van der Waals surface area contributed by atoms with Crippen LogP contribution in [0.2, 0.25) is 0 Å². The van der Waals surface area contributed by atoms with Crippen LogP contribution in [0.3, 0.4) is 0 Å². The van der Waals surface area contributed by atoms with Gasteiger partial charge in [-0.05, 0) is 12.8 Å². The van der Waals surface area contributed by atoms with Crippen LogP contribution in [0.25, 0.3) is 11.2 Å². The number of anilines is 1. The Kier molecular flexibility index (Phi) is 4.03. The molecule has 1 saturated heterocycles. The Morgan fingerprint density at radius 3 is 2.95 bits per heavy atom. The van der Waals surface area contributed by atoms with Crippen molar-refractivity contribution in [3.63, 3.8) is 0 Å². The number of nitrogens with zero attached hydrogens (tertiary/aromatic N) is 4. The minimum atomic E-state index is -2.63. The molecule has 0 aliphatic carbocycles. The zero-order valence-corrected chi connectivity index (χ0v) is 11.5. The fraction of sp³-hybridized carbons (Fsp3) is 0.583. The van der Waals surface area contributed by atoms with Gasteiger partial charge in [0, 0.05) is 0 Å². The van der Waals surface area contributed by atoms with E-state index in [1.165, 1.54) is 6.33 Å². The summed E-state index contributed by atoms with van der Waals surface area (Å²) in [4.78, 5) is 12.0. The lowest BCUT2D eigenvalue weighted by Crippen LogP contribution is -2.15. The number of nitrogens with two attached hydrogens (primary N) is 1. The van der Waals surface area contributed by atoms with E-state index in [0.717, 1.165) is 0 Å². The lowest BCUT2D eigenvalue weighted by atomic mass is 10.2. The number of imidazole rings is 1. The molecule has 0 unspecified atom stereocenters. The summed E-state index contributed by atoms with van der Waals surface area (Å²) in [5.41, 5.74) is 6.45. The molecular formula is C12H15F2N5O3. The van der Waals surface area contributed by atoms with Crippen LogP contribution < -0.4 is 10.5 Å². The smallest absolute Gasteiger partial charge is 0.320 e. The first-order valence-corrected chi connectivity index (χ1v) is 6.75. The first-order chi connectivity index (χ1) is 10.6. The Balaban J connectivity index is 1.91. The molecule has 22 heavy (non-hydrogen) atoms. The van der Waals surface area contributed by atoms with Crippen molar-refractivity contribution in [1.82, 2.24) is 19.5 Å². The molecule has 3 N–H and O–H groups in total. The van der Waals surface area contributed by atoms with E-state index < -0.39 is 13.0 Å². The van der Waals surface area contributed by atoms with Crippen molar-refractivity contribution in [3.8, 4) is 6.01 Å². The summed E-state index contributed by atoms with van der Waals surface area (Å²) >= 11 is 0. The molecule has 2 aromatic heterocycles. The van der Waals surface area contributed by atoms with Crippen LogP contribution in [0.15, 0.2) is 6.33 Å². The minimum Gasteiger partial charge on any atom is -0.457 e. The standard InChI is InChI=1S/C12H15F2N5O3/c13-7(14)4-21-12-17-10(15)9-11(18-12)19(5-16-9)8-2-1-6(3-20)22-8/h5-8,20H,1-4H2,(H2,15,17,18)/t6-,8+/m0/s1. The van der Waals surface area contributed by atoms with Gasteiger partial charge < -0.3 is 20.3 Å². The van der Waals surface area contributed by atoms with Gasteiger partial charge in [0.25, 0.3) is 6.43 Å². The number of alkyl halides is 2. The lowest BCUT2D eigenvalue weighted by molar-refractivity contribution is -0.0207. The third-order valence-electron chi connectivity index (χ3n) is 3.37. The van der Waals surface area contributed by atoms with Gasteiger partial charge >= 0.3 is 6.01 Å². The number of aromatic nitrogens is 4. The van der Waals surface area contributed by atoms with Gasteiger partial charge in [-0.25, -0.2) is 13.8 Å². The van der Waals surface area contributed by atoms with E-state index in [2.05, 4.69) is 15.0 Å². The number of hydrogen-bond donors (Lipinski definition) is 2. The van der Waals surface area contributed by atoms with Crippen molar-refractivity contribution in [2.45, 2.75) is 31.6 Å². The molecule has 0 bridgehead atoms. The van der Waals surface area contributed by atoms with Crippen molar-refractivity contribution in [2.75, 3.05) is 18.9 Å². The average molecular weight is 315 g/mol. The Hall–Kier alpha value is -2.07. The molecule has 8 nitrogen and oxygen atoms in total. The van der Waals surface area contributed by atoms with Crippen molar-refractivity contribution < 1.29 is 23.4 Å². The van der Waals surface area contributed by atoms with Crippen LogP contribution in [-0.4, -0.2) is 50.4 Å². The zero-order valence-electron chi connectivity index (χ0n) is 11.5. The van der Waals surface area contributed by atoms with Crippen molar-refractivity contribution in [3.05, 3.63) is 6.33 Å². The summed E-state index contributed by atoms with van der Waals surface area (Å²) in [6.07, 6.45) is -0.342. The van der Waals surface area contributed by atoms with Crippen LogP contribution in [-0.2, 0) is 4.74 Å². The van der Waals surface area contributed by atoms with E-state index in [-0.39, 0.29) is 30.8 Å². The van der Waals surface area contributed by atoms with Crippen molar-refractivity contribution in [2.24, 2.45) is 0 Å². The number of hydrogen-bond acceptors (Lipinski definition) is 7. The molecule has 3 rings (SSSR count). The van der Waals surface area contributed by atoms with E-state index >= 15 is 0 Å². The molecule has 120 valence electrons. The molecule has 2 atom stereocenters. The number of fused-ring (bicyclic) bond motifs is 1. The third-order valence-corrected chi connectivity index (χ3v) is 3.37. The van der Waals surface area contributed by atoms with E-state index in [4.69, 9.17) is 20.3 Å². The highest BCUT2D eigenvalue weighted by Gasteiger charge is 2.28. The van der Waals surface area contributed by atoms with E-state index in [0.29, 0.717) is 24.0 Å². The Bertz CT molecular complexity index is 665. The van der Waals surface area contributed by atoms with Crippen LogP contribution in [0, 0.1) is 0 Å². The quantitative estimate of drug-likeness (QED) is 0.837. The maximum Gasteiger partial charge on any atom is 0.320 e. The highest BCUT2D eigenvalue weighted by molar-refractivity contribution is 5.81. The predicted molar refractivity (Wildman–Crippen MR) is 71.5 cm³/mol. The van der Waals surface area contributed by atoms with Gasteiger partial charge in [0.15, 0.2) is 23.6 Å². The maximum absolute atomic E-state index is 12.2. The van der Waals surface area contributed by atoms with Gasteiger partial charge in [-0.1, -0.05) is 0 Å². The monoisotopic (exact) mass is 315 g/mol. The summed E-state index contributed by atoms with van der Waals surface area (Å²) in [5, 5.41) is 9.12. The SMILES string of the molecule is Nc1nc(OCC(F)F)nc2c1ncn2[C@H]1CC[C@@H](CO)O1. The van der Waals surface area contributed by atoms with E-state index in [1.54, 1.807) is 4.57 Å². The van der Waals surface area contributed by atoms with Crippen LogP contribution in [0.5, 0.6) is 6.01 Å². The molecule has 2 aromatic rings. The van der Waals surface area contributed by atoms with Crippen LogP contribution in [0.1, 0.15) is 19.1 Å². The van der Waals surface area contributed by atoms with Crippen LogP contribution in [0.4, 0.5) is 14.6 Å². The predicted octanol–water partition coefficient (Wildman–Crippen LogP) is 0.722. The van der Waals surface area contributed by atoms with Gasteiger partial charge in [-0.2, -0.15) is 9.97 Å². The highest BCUT2D eigenvalue weighted by Crippen LogP contribution is 2.31. The Morgan fingerprint density at radius 2 is 2.27 bits per heavy atom. The van der Waals surface area contributed by atoms with Crippen LogP contribution >= 0.6 is 0 Å². The summed E-state index contributed by atoms with van der Waals surface area (Å²) < 4.78 is 36.5. The first-order valence-electron chi connectivity index (χ1n) is 6.75. The molecule has 0 amide bonds. The normalized spacial score (nSPS) is 21.8. The molecule has 0 aromatic carbocycles. The second-order valence-electron chi connectivity index (χ2n) is 4.89. The van der Waals surface area contributed by atoms with E-state index in [1.807, 2.05) is 0 Å². The number of ether oxygens (including phenoxy) is 2. The largest absolute Gasteiger partial charge is 0.457 e. The molecule has 3 heterocycles. The molecule has 0 spiro atoms. The molecule has 0 saturated carbocycles. The molecule has 1 fully saturated rings. The number of aliphatic hydroxyl groups excluding tert-OH is 1. The molecular weight excluding hydrogens is 300 g/mol. The van der Waals surface area contributed by atoms with Gasteiger partial charge in [-0.3, -0.25) is 4.57 Å². The fourth-order valence-corrected chi connectivity index (χ4v) is 2.36. The molecule has 10 heteroatoms. The number of aliphatic hydroxyl groups is 1. The number of nitrogen functional groups attached to an aromatic ring is 1. The van der Waals surface area contributed by atoms with Gasteiger partial charge in [0.1, 0.15) is 6.23 Å². The number of rotatable bonds is 5. The Labute approximate surface area is 123 Å². The van der Waals surface area contributed by atoms with Crippen molar-refractivity contribution in [1.29, 1.82) is 0 Å². The second-order valence-corrected chi connectivity index (χ2v) is 4.89. The Morgan fingerprint density at radius 1 is 1.45 bits per heavy atom. The zero-order chi connectivity index (χ0) is 15.7. The first kappa shape index (κ1) is 14.9. The van der Waals surface area contributed by atoms with Crippen molar-refractivity contribution >= 4 is 17.0 Å². The second kappa shape index (κ2) is 5.97. The number of halogens is 2. The maximum atomic E-state index is 12.2. The highest BCUT2D eigenvalue weighted by atomic mass is 19.3. The molecule has 0 radical (unpaired) electrons. The summed E-state index contributed by atoms with van der Waals surface area (Å²) in [7, 11) is 0. The van der Waals surface area contributed by atoms with Gasteiger partial charge in [0.2, 0.25) is 0 Å². The summed E-state index contributed by atoms with van der Waals surface area (Å²) in [6.45, 7) is -0.880. The molecule has 1 aliphatic heterocycles. The van der Waals surface area contributed by atoms with E-state index in [9.17, 15) is 8.78 Å². The molecule has 1 aliphatic rings. The third kappa shape index (κ3) is 2.79. The average Bonchev–Trinajstić information content (AvgIpc) is 3.11. The fourth-order valence-electron chi connectivity index (χ4n) is 2.36. The minimum absolute atomic E-state index is 0.0460. The lowest BCUT2D eigenvalue weighted by Gasteiger charge is -2.14. The summed E-state index contributed by atoms with van der Waals surface area (Å²) in [5.74, 6) is 0.0460. The summed E-state index contributed by atoms with van der Waals surface area (Å²) in [6, 6.07) is -0.233. The van der Waals surface area contributed by atoms with Gasteiger partial charge in [0.05, 0.1) is 19.0 Å².